The number of imide groups is 1. The molecule has 0 spiro atoms. The highest BCUT2D eigenvalue weighted by Gasteiger charge is 2.27. The van der Waals surface area contributed by atoms with Crippen molar-refractivity contribution in [3.63, 3.8) is 0 Å². The Labute approximate surface area is 120 Å². The van der Waals surface area contributed by atoms with Gasteiger partial charge < -0.3 is 10.6 Å². The Morgan fingerprint density at radius 3 is 2.85 bits per heavy atom. The lowest BCUT2D eigenvalue weighted by atomic mass is 10.2. The van der Waals surface area contributed by atoms with Gasteiger partial charge in [0, 0.05) is 24.4 Å². The summed E-state index contributed by atoms with van der Waals surface area (Å²) in [7, 11) is 0. The molecular weight excluding hydrogens is 280 g/mol. The van der Waals surface area contributed by atoms with Gasteiger partial charge in [0.2, 0.25) is 5.91 Å². The first-order chi connectivity index (χ1) is 9.49. The third kappa shape index (κ3) is 3.13. The standard InChI is InChI=1S/C12H16N4O3S/c1-7(2)11-15-8(6-20-11)10(18)13-3-4-16-9(17)5-14-12(16)19/h6-7H,3-5H2,1-2H3,(H,13,18)(H,14,19). The molecule has 1 aliphatic rings. The summed E-state index contributed by atoms with van der Waals surface area (Å²) in [4.78, 5) is 39.8. The molecule has 0 saturated carbocycles. The number of hydrogen-bond acceptors (Lipinski definition) is 5. The number of nitrogens with one attached hydrogen (secondary N) is 2. The molecular formula is C12H16N4O3S. The van der Waals surface area contributed by atoms with E-state index in [0.29, 0.717) is 5.69 Å². The van der Waals surface area contributed by atoms with Crippen molar-refractivity contribution in [2.45, 2.75) is 19.8 Å². The number of aromatic nitrogens is 1. The second-order valence-corrected chi connectivity index (χ2v) is 5.58. The van der Waals surface area contributed by atoms with Crippen molar-refractivity contribution < 1.29 is 14.4 Å². The molecule has 8 heteroatoms. The highest BCUT2D eigenvalue weighted by Crippen LogP contribution is 2.18. The van der Waals surface area contributed by atoms with E-state index in [1.165, 1.54) is 11.3 Å². The number of urea groups is 1. The van der Waals surface area contributed by atoms with Gasteiger partial charge >= 0.3 is 6.03 Å². The minimum Gasteiger partial charge on any atom is -0.349 e. The monoisotopic (exact) mass is 296 g/mol. The quantitative estimate of drug-likeness (QED) is 0.776. The molecule has 2 rings (SSSR count). The smallest absolute Gasteiger partial charge is 0.324 e. The van der Waals surface area contributed by atoms with Crippen molar-refractivity contribution in [1.29, 1.82) is 0 Å². The van der Waals surface area contributed by atoms with Gasteiger partial charge in [-0.2, -0.15) is 0 Å². The maximum absolute atomic E-state index is 11.8. The molecule has 1 fully saturated rings. The molecule has 0 bridgehead atoms. The van der Waals surface area contributed by atoms with Crippen LogP contribution in [0.5, 0.6) is 0 Å². The molecule has 0 aromatic carbocycles. The average molecular weight is 296 g/mol. The normalized spacial score (nSPS) is 14.8. The third-order valence-electron chi connectivity index (χ3n) is 2.81. The Morgan fingerprint density at radius 2 is 2.30 bits per heavy atom. The van der Waals surface area contributed by atoms with E-state index in [1.807, 2.05) is 13.8 Å². The van der Waals surface area contributed by atoms with Gasteiger partial charge in [0.1, 0.15) is 5.69 Å². The van der Waals surface area contributed by atoms with Gasteiger partial charge in [0.05, 0.1) is 11.6 Å². The predicted octanol–water partition coefficient (Wildman–Crippen LogP) is 0.548. The van der Waals surface area contributed by atoms with Crippen molar-refractivity contribution in [2.24, 2.45) is 0 Å². The van der Waals surface area contributed by atoms with E-state index in [9.17, 15) is 14.4 Å². The van der Waals surface area contributed by atoms with Crippen LogP contribution in [0, 0.1) is 0 Å². The summed E-state index contributed by atoms with van der Waals surface area (Å²) in [6, 6.07) is -0.417. The van der Waals surface area contributed by atoms with E-state index < -0.39 is 6.03 Å². The Kier molecular flexibility index (Phi) is 4.33. The summed E-state index contributed by atoms with van der Waals surface area (Å²) in [5.41, 5.74) is 0.371. The van der Waals surface area contributed by atoms with Crippen LogP contribution in [0.4, 0.5) is 4.79 Å². The summed E-state index contributed by atoms with van der Waals surface area (Å²) in [6.45, 7) is 4.43. The topological polar surface area (TPSA) is 91.4 Å². The van der Waals surface area contributed by atoms with Gasteiger partial charge in [-0.15, -0.1) is 11.3 Å². The average Bonchev–Trinajstić information content (AvgIpc) is 3.00. The zero-order chi connectivity index (χ0) is 14.7. The SMILES string of the molecule is CC(C)c1nc(C(=O)NCCN2C(=O)CNC2=O)cs1. The minimum absolute atomic E-state index is 0.0244. The summed E-state index contributed by atoms with van der Waals surface area (Å²) < 4.78 is 0. The van der Waals surface area contributed by atoms with Crippen molar-refractivity contribution in [2.75, 3.05) is 19.6 Å². The number of carbonyl (C=O) groups excluding carboxylic acids is 3. The fourth-order valence-corrected chi connectivity index (χ4v) is 2.53. The van der Waals surface area contributed by atoms with Crippen LogP contribution in [0.25, 0.3) is 0 Å². The summed E-state index contributed by atoms with van der Waals surface area (Å²) in [5.74, 6) is -0.285. The van der Waals surface area contributed by atoms with Gasteiger partial charge in [0.15, 0.2) is 0 Å². The first kappa shape index (κ1) is 14.4. The van der Waals surface area contributed by atoms with Crippen LogP contribution in [-0.2, 0) is 4.79 Å². The maximum Gasteiger partial charge on any atom is 0.324 e. The van der Waals surface area contributed by atoms with Crippen LogP contribution in [0.15, 0.2) is 5.38 Å². The Hall–Kier alpha value is -1.96. The molecule has 0 atom stereocenters. The molecule has 1 aromatic heterocycles. The Balaban J connectivity index is 1.83. The van der Waals surface area contributed by atoms with Crippen LogP contribution in [0.3, 0.4) is 0 Å². The molecule has 0 radical (unpaired) electrons. The second-order valence-electron chi connectivity index (χ2n) is 4.69. The largest absolute Gasteiger partial charge is 0.349 e. The lowest BCUT2D eigenvalue weighted by Crippen LogP contribution is -2.38. The number of thiazole rings is 1. The molecule has 0 unspecified atom stereocenters. The van der Waals surface area contributed by atoms with E-state index in [0.717, 1.165) is 9.91 Å². The lowest BCUT2D eigenvalue weighted by molar-refractivity contribution is -0.124. The zero-order valence-corrected chi connectivity index (χ0v) is 12.1. The maximum atomic E-state index is 11.8. The van der Waals surface area contributed by atoms with Crippen molar-refractivity contribution >= 4 is 29.2 Å². The summed E-state index contributed by atoms with van der Waals surface area (Å²) >= 11 is 1.44. The molecule has 4 amide bonds. The van der Waals surface area contributed by atoms with Crippen LogP contribution in [0.2, 0.25) is 0 Å². The molecule has 1 saturated heterocycles. The Morgan fingerprint density at radius 1 is 1.55 bits per heavy atom. The number of carbonyl (C=O) groups is 3. The second kappa shape index (κ2) is 6.00. The summed E-state index contributed by atoms with van der Waals surface area (Å²) in [5, 5.41) is 7.68. The van der Waals surface area contributed by atoms with Crippen molar-refractivity contribution in [3.05, 3.63) is 16.1 Å². The minimum atomic E-state index is -0.417. The van der Waals surface area contributed by atoms with Crippen molar-refractivity contribution in [1.82, 2.24) is 20.5 Å². The number of hydrogen-bond donors (Lipinski definition) is 2. The highest BCUT2D eigenvalue weighted by atomic mass is 32.1. The number of nitrogens with zero attached hydrogens (tertiary/aromatic N) is 2. The summed E-state index contributed by atoms with van der Waals surface area (Å²) in [6.07, 6.45) is 0. The van der Waals surface area contributed by atoms with Crippen molar-refractivity contribution in [3.8, 4) is 0 Å². The first-order valence-corrected chi connectivity index (χ1v) is 7.19. The molecule has 108 valence electrons. The molecule has 2 heterocycles. The molecule has 0 aliphatic carbocycles. The number of amides is 4. The van der Waals surface area contributed by atoms with Gasteiger partial charge in [-0.25, -0.2) is 9.78 Å². The molecule has 2 N–H and O–H groups in total. The van der Waals surface area contributed by atoms with Crippen LogP contribution in [-0.4, -0.2) is 47.4 Å². The van der Waals surface area contributed by atoms with E-state index in [2.05, 4.69) is 15.6 Å². The zero-order valence-electron chi connectivity index (χ0n) is 11.3. The number of rotatable bonds is 5. The highest BCUT2D eigenvalue weighted by molar-refractivity contribution is 7.09. The predicted molar refractivity (Wildman–Crippen MR) is 73.6 cm³/mol. The van der Waals surface area contributed by atoms with Gasteiger partial charge in [-0.05, 0) is 0 Å². The van der Waals surface area contributed by atoms with Gasteiger partial charge in [0.25, 0.3) is 5.91 Å². The van der Waals surface area contributed by atoms with Crippen LogP contribution < -0.4 is 10.6 Å². The third-order valence-corrected chi connectivity index (χ3v) is 3.95. The van der Waals surface area contributed by atoms with E-state index in [1.54, 1.807) is 5.38 Å². The first-order valence-electron chi connectivity index (χ1n) is 6.31. The van der Waals surface area contributed by atoms with Crippen LogP contribution >= 0.6 is 11.3 Å². The van der Waals surface area contributed by atoms with E-state index in [-0.39, 0.29) is 37.4 Å². The lowest BCUT2D eigenvalue weighted by Gasteiger charge is -2.12. The fourth-order valence-electron chi connectivity index (χ4n) is 1.71. The van der Waals surface area contributed by atoms with Gasteiger partial charge in [-0.1, -0.05) is 13.8 Å². The van der Waals surface area contributed by atoms with Crippen LogP contribution in [0.1, 0.15) is 35.3 Å². The van der Waals surface area contributed by atoms with E-state index >= 15 is 0 Å². The molecule has 1 aromatic rings. The Bertz CT molecular complexity index is 525. The molecule has 1 aliphatic heterocycles. The van der Waals surface area contributed by atoms with Gasteiger partial charge in [-0.3, -0.25) is 14.5 Å². The fraction of sp³-hybridized carbons (Fsp3) is 0.500. The molecule has 20 heavy (non-hydrogen) atoms. The van der Waals surface area contributed by atoms with E-state index in [4.69, 9.17) is 0 Å². The molecule has 7 nitrogen and oxygen atoms in total.